The van der Waals surface area contributed by atoms with Gasteiger partial charge in [0, 0.05) is 13.1 Å². The molecule has 0 spiro atoms. The molecule has 1 aromatic heterocycles. The number of aliphatic hydroxyl groups is 1. The maximum absolute atomic E-state index is 9.84. The van der Waals surface area contributed by atoms with Gasteiger partial charge in [0.05, 0.1) is 18.0 Å². The van der Waals surface area contributed by atoms with E-state index in [1.165, 1.54) is 0 Å². The van der Waals surface area contributed by atoms with Gasteiger partial charge < -0.3 is 15.7 Å². The van der Waals surface area contributed by atoms with Crippen LogP contribution in [0, 0.1) is 11.3 Å². The van der Waals surface area contributed by atoms with Gasteiger partial charge in [-0.2, -0.15) is 0 Å². The molecular formula is C12H18N4O. The van der Waals surface area contributed by atoms with E-state index in [4.69, 9.17) is 11.1 Å². The molecule has 0 amide bonds. The molecule has 0 aromatic carbocycles. The topological polar surface area (TPSA) is 86.2 Å². The van der Waals surface area contributed by atoms with Gasteiger partial charge in [-0.05, 0) is 24.5 Å². The first kappa shape index (κ1) is 11.9. The molecular weight excluding hydrogens is 216 g/mol. The van der Waals surface area contributed by atoms with E-state index in [0.29, 0.717) is 18.2 Å². The number of piperidine rings is 1. The molecule has 2 rings (SSSR count). The Morgan fingerprint density at radius 2 is 2.35 bits per heavy atom. The Hall–Kier alpha value is -1.62. The van der Waals surface area contributed by atoms with Crippen LogP contribution in [0.4, 0.5) is 5.69 Å². The van der Waals surface area contributed by atoms with Gasteiger partial charge >= 0.3 is 0 Å². The van der Waals surface area contributed by atoms with Crippen LogP contribution in [-0.4, -0.2) is 35.1 Å². The highest BCUT2D eigenvalue weighted by molar-refractivity contribution is 5.93. The van der Waals surface area contributed by atoms with Crippen LogP contribution in [-0.2, 0) is 0 Å². The van der Waals surface area contributed by atoms with Crippen molar-refractivity contribution in [1.29, 1.82) is 5.41 Å². The third kappa shape index (κ3) is 2.55. The summed E-state index contributed by atoms with van der Waals surface area (Å²) in [6.45, 7) is 3.64. The summed E-state index contributed by atoms with van der Waals surface area (Å²) in [4.78, 5) is 6.24. The van der Waals surface area contributed by atoms with Gasteiger partial charge in [-0.1, -0.05) is 6.92 Å². The molecule has 2 atom stereocenters. The van der Waals surface area contributed by atoms with Gasteiger partial charge in [0.15, 0.2) is 0 Å². The van der Waals surface area contributed by atoms with Crippen LogP contribution < -0.4 is 10.6 Å². The average molecular weight is 234 g/mol. The van der Waals surface area contributed by atoms with Crippen molar-refractivity contribution >= 4 is 11.5 Å². The summed E-state index contributed by atoms with van der Waals surface area (Å²) in [5, 5.41) is 17.1. The number of pyridine rings is 1. The van der Waals surface area contributed by atoms with E-state index >= 15 is 0 Å². The van der Waals surface area contributed by atoms with Crippen molar-refractivity contribution in [3.05, 3.63) is 24.0 Å². The lowest BCUT2D eigenvalue weighted by atomic mass is 9.96. The van der Waals surface area contributed by atoms with Crippen LogP contribution in [0.1, 0.15) is 19.0 Å². The number of amidine groups is 1. The molecule has 2 unspecified atom stereocenters. The Morgan fingerprint density at radius 3 is 2.88 bits per heavy atom. The number of nitrogens with one attached hydrogen (secondary N) is 1. The van der Waals surface area contributed by atoms with Crippen LogP contribution in [0.2, 0.25) is 0 Å². The van der Waals surface area contributed by atoms with E-state index in [2.05, 4.69) is 16.8 Å². The minimum absolute atomic E-state index is 0.0242. The van der Waals surface area contributed by atoms with Crippen molar-refractivity contribution in [3.8, 4) is 0 Å². The number of nitrogen functional groups attached to an aromatic ring is 1. The molecule has 5 heteroatoms. The summed E-state index contributed by atoms with van der Waals surface area (Å²) in [6, 6.07) is 3.63. The SMILES string of the molecule is CC1CCN(c2ccc(C(=N)N)nc2)CC1O. The number of hydrogen-bond acceptors (Lipinski definition) is 4. The molecule has 0 aliphatic carbocycles. The molecule has 1 fully saturated rings. The molecule has 1 aliphatic rings. The summed E-state index contributed by atoms with van der Waals surface area (Å²) in [7, 11) is 0. The maximum atomic E-state index is 9.84. The van der Waals surface area contributed by atoms with Crippen LogP contribution in [0.3, 0.4) is 0 Å². The molecule has 0 bridgehead atoms. The maximum Gasteiger partial charge on any atom is 0.141 e. The van der Waals surface area contributed by atoms with Gasteiger partial charge in [0.2, 0.25) is 0 Å². The number of nitrogens with zero attached hydrogens (tertiary/aromatic N) is 2. The quantitative estimate of drug-likeness (QED) is 0.516. The Balaban J connectivity index is 2.10. The first-order valence-corrected chi connectivity index (χ1v) is 5.81. The Morgan fingerprint density at radius 1 is 1.59 bits per heavy atom. The van der Waals surface area contributed by atoms with E-state index < -0.39 is 0 Å². The highest BCUT2D eigenvalue weighted by Crippen LogP contribution is 2.22. The van der Waals surface area contributed by atoms with Crippen LogP contribution in [0.5, 0.6) is 0 Å². The number of nitrogens with two attached hydrogens (primary N) is 1. The van der Waals surface area contributed by atoms with E-state index in [1.54, 1.807) is 12.3 Å². The zero-order chi connectivity index (χ0) is 12.4. The minimum atomic E-state index is -0.281. The molecule has 2 heterocycles. The van der Waals surface area contributed by atoms with Gasteiger partial charge in [-0.25, -0.2) is 0 Å². The second-order valence-electron chi connectivity index (χ2n) is 4.59. The summed E-state index contributed by atoms with van der Waals surface area (Å²) in [5.41, 5.74) is 6.81. The Labute approximate surface area is 101 Å². The first-order valence-electron chi connectivity index (χ1n) is 5.81. The van der Waals surface area contributed by atoms with Gasteiger partial charge in [0.25, 0.3) is 0 Å². The molecule has 4 N–H and O–H groups in total. The second-order valence-corrected chi connectivity index (χ2v) is 4.59. The predicted octanol–water partition coefficient (Wildman–Crippen LogP) is 0.573. The zero-order valence-electron chi connectivity index (χ0n) is 9.93. The number of β-amino-alcohol motifs (C(OH)–C–C–N with tert-alkyl or cyclic N) is 1. The number of hydrogen-bond donors (Lipinski definition) is 3. The predicted molar refractivity (Wildman–Crippen MR) is 67.3 cm³/mol. The summed E-state index contributed by atoms with van der Waals surface area (Å²) >= 11 is 0. The zero-order valence-corrected chi connectivity index (χ0v) is 9.93. The molecule has 17 heavy (non-hydrogen) atoms. The van der Waals surface area contributed by atoms with Crippen LogP contribution in [0.25, 0.3) is 0 Å². The average Bonchev–Trinajstić information content (AvgIpc) is 2.33. The van der Waals surface area contributed by atoms with Crippen molar-refractivity contribution in [3.63, 3.8) is 0 Å². The summed E-state index contributed by atoms with van der Waals surface area (Å²) < 4.78 is 0. The molecule has 5 nitrogen and oxygen atoms in total. The van der Waals surface area contributed by atoms with Gasteiger partial charge in [-0.3, -0.25) is 10.4 Å². The highest BCUT2D eigenvalue weighted by atomic mass is 16.3. The largest absolute Gasteiger partial charge is 0.391 e. The van der Waals surface area contributed by atoms with Crippen molar-refractivity contribution in [2.24, 2.45) is 11.7 Å². The van der Waals surface area contributed by atoms with E-state index in [9.17, 15) is 5.11 Å². The minimum Gasteiger partial charge on any atom is -0.391 e. The van der Waals surface area contributed by atoms with E-state index in [-0.39, 0.29) is 11.9 Å². The lowest BCUT2D eigenvalue weighted by Gasteiger charge is -2.35. The molecule has 0 saturated carbocycles. The fourth-order valence-corrected chi connectivity index (χ4v) is 2.02. The van der Waals surface area contributed by atoms with Gasteiger partial charge in [0.1, 0.15) is 11.5 Å². The Kier molecular flexibility index (Phi) is 3.28. The van der Waals surface area contributed by atoms with E-state index in [1.807, 2.05) is 6.07 Å². The van der Waals surface area contributed by atoms with Gasteiger partial charge in [-0.15, -0.1) is 0 Å². The fourth-order valence-electron chi connectivity index (χ4n) is 2.02. The highest BCUT2D eigenvalue weighted by Gasteiger charge is 2.24. The van der Waals surface area contributed by atoms with Crippen LogP contribution in [0.15, 0.2) is 18.3 Å². The molecule has 92 valence electrons. The summed E-state index contributed by atoms with van der Waals surface area (Å²) in [5.74, 6) is 0.333. The number of aliphatic hydroxyl groups excluding tert-OH is 1. The van der Waals surface area contributed by atoms with Crippen molar-refractivity contribution < 1.29 is 5.11 Å². The molecule has 0 radical (unpaired) electrons. The first-order chi connectivity index (χ1) is 8.08. The monoisotopic (exact) mass is 234 g/mol. The molecule has 1 aromatic rings. The van der Waals surface area contributed by atoms with Crippen molar-refractivity contribution in [2.45, 2.75) is 19.4 Å². The molecule has 1 aliphatic heterocycles. The number of rotatable bonds is 2. The van der Waals surface area contributed by atoms with E-state index in [0.717, 1.165) is 18.7 Å². The number of aromatic nitrogens is 1. The van der Waals surface area contributed by atoms with Crippen molar-refractivity contribution in [2.75, 3.05) is 18.0 Å². The lowest BCUT2D eigenvalue weighted by molar-refractivity contribution is 0.103. The Bertz CT molecular complexity index is 403. The second kappa shape index (κ2) is 4.71. The normalized spacial score (nSPS) is 24.7. The van der Waals surface area contributed by atoms with Crippen molar-refractivity contribution in [1.82, 2.24) is 4.98 Å². The lowest BCUT2D eigenvalue weighted by Crippen LogP contribution is -2.42. The summed E-state index contributed by atoms with van der Waals surface area (Å²) in [6.07, 6.45) is 2.41. The third-order valence-electron chi connectivity index (χ3n) is 3.31. The smallest absolute Gasteiger partial charge is 0.141 e. The standard InChI is InChI=1S/C12H18N4O/c1-8-4-5-16(7-11(8)17)9-2-3-10(12(13)14)15-6-9/h2-3,6,8,11,17H,4-5,7H2,1H3,(H3,13,14). The molecule has 1 saturated heterocycles. The number of anilines is 1. The third-order valence-corrected chi connectivity index (χ3v) is 3.31. The fraction of sp³-hybridized carbons (Fsp3) is 0.500. The van der Waals surface area contributed by atoms with Crippen LogP contribution >= 0.6 is 0 Å².